The first-order chi connectivity index (χ1) is 14.4. The number of nitro groups is 1. The van der Waals surface area contributed by atoms with Crippen molar-refractivity contribution in [2.24, 2.45) is 0 Å². The van der Waals surface area contributed by atoms with E-state index in [0.29, 0.717) is 43.5 Å². The number of nitro benzene ring substituents is 1. The van der Waals surface area contributed by atoms with Crippen LogP contribution < -0.4 is 9.64 Å². The lowest BCUT2D eigenvalue weighted by atomic mass is 10.0. The van der Waals surface area contributed by atoms with Gasteiger partial charge in [0.25, 0.3) is 5.69 Å². The van der Waals surface area contributed by atoms with Crippen molar-refractivity contribution in [3.63, 3.8) is 0 Å². The molecule has 0 aliphatic carbocycles. The molecule has 0 aromatic heterocycles. The topological polar surface area (TPSA) is 75.9 Å². The van der Waals surface area contributed by atoms with E-state index in [4.69, 9.17) is 4.74 Å². The molecule has 1 amide bonds. The summed E-state index contributed by atoms with van der Waals surface area (Å²) in [6.07, 6.45) is 3.42. The molecule has 0 atom stereocenters. The minimum absolute atomic E-state index is 0.0128. The number of rotatable bonds is 6. The lowest BCUT2D eigenvalue weighted by molar-refractivity contribution is -0.384. The van der Waals surface area contributed by atoms with Gasteiger partial charge in [-0.15, -0.1) is 0 Å². The van der Waals surface area contributed by atoms with Crippen molar-refractivity contribution in [2.45, 2.75) is 19.8 Å². The quantitative estimate of drug-likeness (QED) is 0.408. The summed E-state index contributed by atoms with van der Waals surface area (Å²) in [4.78, 5) is 27.3. The maximum atomic E-state index is 12.5. The van der Waals surface area contributed by atoms with Crippen LogP contribution in [0.5, 0.6) is 5.75 Å². The standard InChI is InChI=1S/C23H27N3O4/c1-17(2)19-7-4-18(5-8-19)6-11-23(27)25-14-12-24(13-15-25)21-10-9-20(30-3)16-22(21)26(28)29/h4-11,16-17H,12-15H2,1-3H3/b11-6+. The fourth-order valence-electron chi connectivity index (χ4n) is 3.48. The van der Waals surface area contributed by atoms with Gasteiger partial charge < -0.3 is 14.5 Å². The predicted molar refractivity (Wildman–Crippen MR) is 118 cm³/mol. The van der Waals surface area contributed by atoms with Crippen LogP contribution in [0.4, 0.5) is 11.4 Å². The molecule has 2 aromatic carbocycles. The first-order valence-corrected chi connectivity index (χ1v) is 10.0. The molecule has 1 aliphatic heterocycles. The Morgan fingerprint density at radius 3 is 2.33 bits per heavy atom. The fourth-order valence-corrected chi connectivity index (χ4v) is 3.48. The van der Waals surface area contributed by atoms with Gasteiger partial charge >= 0.3 is 0 Å². The van der Waals surface area contributed by atoms with Crippen LogP contribution in [0.15, 0.2) is 48.5 Å². The number of nitrogens with zero attached hydrogens (tertiary/aromatic N) is 3. The molecule has 0 spiro atoms. The molecule has 158 valence electrons. The average molecular weight is 409 g/mol. The maximum absolute atomic E-state index is 12.5. The van der Waals surface area contributed by atoms with E-state index in [1.54, 1.807) is 23.1 Å². The molecular weight excluding hydrogens is 382 g/mol. The molecule has 0 radical (unpaired) electrons. The van der Waals surface area contributed by atoms with Crippen molar-refractivity contribution < 1.29 is 14.5 Å². The highest BCUT2D eigenvalue weighted by atomic mass is 16.6. The molecule has 0 saturated carbocycles. The second-order valence-corrected chi connectivity index (χ2v) is 7.58. The molecule has 0 unspecified atom stereocenters. The molecule has 1 fully saturated rings. The zero-order valence-corrected chi connectivity index (χ0v) is 17.6. The summed E-state index contributed by atoms with van der Waals surface area (Å²) in [6.45, 7) is 6.39. The minimum atomic E-state index is -0.400. The predicted octanol–water partition coefficient (Wildman–Crippen LogP) is 4.09. The number of ether oxygens (including phenoxy) is 1. The van der Waals surface area contributed by atoms with Crippen molar-refractivity contribution >= 4 is 23.4 Å². The number of piperazine rings is 1. The van der Waals surface area contributed by atoms with E-state index >= 15 is 0 Å². The van der Waals surface area contributed by atoms with E-state index in [1.807, 2.05) is 23.1 Å². The minimum Gasteiger partial charge on any atom is -0.496 e. The second-order valence-electron chi connectivity index (χ2n) is 7.58. The van der Waals surface area contributed by atoms with Gasteiger partial charge in [0.1, 0.15) is 11.4 Å². The van der Waals surface area contributed by atoms with Gasteiger partial charge in [-0.05, 0) is 35.3 Å². The summed E-state index contributed by atoms with van der Waals surface area (Å²) in [6, 6.07) is 13.0. The zero-order chi connectivity index (χ0) is 21.7. The molecule has 0 bridgehead atoms. The zero-order valence-electron chi connectivity index (χ0n) is 17.6. The Hall–Kier alpha value is -3.35. The van der Waals surface area contributed by atoms with Crippen molar-refractivity contribution in [1.29, 1.82) is 0 Å². The Labute approximate surface area is 176 Å². The van der Waals surface area contributed by atoms with Crippen LogP contribution in [0, 0.1) is 10.1 Å². The lowest BCUT2D eigenvalue weighted by Crippen LogP contribution is -2.48. The molecule has 0 N–H and O–H groups in total. The van der Waals surface area contributed by atoms with E-state index in [2.05, 4.69) is 26.0 Å². The molecular formula is C23H27N3O4. The number of amides is 1. The van der Waals surface area contributed by atoms with Crippen molar-refractivity contribution in [1.82, 2.24) is 4.90 Å². The van der Waals surface area contributed by atoms with Crippen LogP contribution in [-0.4, -0.2) is 49.0 Å². The van der Waals surface area contributed by atoms with E-state index in [-0.39, 0.29) is 11.6 Å². The number of hydrogen-bond donors (Lipinski definition) is 0. The summed E-state index contributed by atoms with van der Waals surface area (Å²) in [7, 11) is 1.48. The van der Waals surface area contributed by atoms with Gasteiger partial charge in [-0.3, -0.25) is 14.9 Å². The largest absolute Gasteiger partial charge is 0.496 e. The van der Waals surface area contributed by atoms with E-state index in [9.17, 15) is 14.9 Å². The Morgan fingerprint density at radius 2 is 1.77 bits per heavy atom. The maximum Gasteiger partial charge on any atom is 0.296 e. The third-order valence-electron chi connectivity index (χ3n) is 5.33. The number of benzene rings is 2. The van der Waals surface area contributed by atoms with Crippen LogP contribution in [0.3, 0.4) is 0 Å². The summed E-state index contributed by atoms with van der Waals surface area (Å²) in [5.74, 6) is 0.875. The lowest BCUT2D eigenvalue weighted by Gasteiger charge is -2.35. The van der Waals surface area contributed by atoms with Crippen LogP contribution >= 0.6 is 0 Å². The first-order valence-electron chi connectivity index (χ1n) is 10.0. The molecule has 1 saturated heterocycles. The normalized spacial score (nSPS) is 14.4. The Bertz CT molecular complexity index is 930. The number of hydrogen-bond acceptors (Lipinski definition) is 5. The number of anilines is 1. The van der Waals surface area contributed by atoms with Crippen molar-refractivity contribution in [2.75, 3.05) is 38.2 Å². The van der Waals surface area contributed by atoms with Crippen molar-refractivity contribution in [3.05, 3.63) is 69.8 Å². The second kappa shape index (κ2) is 9.43. The third-order valence-corrected chi connectivity index (χ3v) is 5.33. The van der Waals surface area contributed by atoms with Gasteiger partial charge in [0.05, 0.1) is 18.1 Å². The fraction of sp³-hybridized carbons (Fsp3) is 0.348. The summed E-state index contributed by atoms with van der Waals surface area (Å²) < 4.78 is 5.09. The monoisotopic (exact) mass is 409 g/mol. The molecule has 1 heterocycles. The number of carbonyl (C=O) groups is 1. The number of methoxy groups -OCH3 is 1. The first kappa shape index (κ1) is 21.4. The third kappa shape index (κ3) is 4.97. The summed E-state index contributed by atoms with van der Waals surface area (Å²) in [5.41, 5.74) is 2.81. The molecule has 30 heavy (non-hydrogen) atoms. The van der Waals surface area contributed by atoms with Crippen LogP contribution in [0.25, 0.3) is 6.08 Å². The van der Waals surface area contributed by atoms with Gasteiger partial charge in [0.15, 0.2) is 0 Å². The van der Waals surface area contributed by atoms with Crippen molar-refractivity contribution in [3.8, 4) is 5.75 Å². The van der Waals surface area contributed by atoms with Gasteiger partial charge in [0, 0.05) is 32.3 Å². The molecule has 1 aliphatic rings. The average Bonchev–Trinajstić information content (AvgIpc) is 2.77. The highest BCUT2D eigenvalue weighted by Gasteiger charge is 2.25. The molecule has 2 aromatic rings. The Balaban J connectivity index is 1.61. The Kier molecular flexibility index (Phi) is 6.72. The summed E-state index contributed by atoms with van der Waals surface area (Å²) >= 11 is 0. The summed E-state index contributed by atoms with van der Waals surface area (Å²) in [5, 5.41) is 11.4. The molecule has 7 nitrogen and oxygen atoms in total. The van der Waals surface area contributed by atoms with Crippen LogP contribution in [0.1, 0.15) is 30.9 Å². The van der Waals surface area contributed by atoms with E-state index < -0.39 is 4.92 Å². The van der Waals surface area contributed by atoms with Gasteiger partial charge in [-0.2, -0.15) is 0 Å². The van der Waals surface area contributed by atoms with Crippen LogP contribution in [-0.2, 0) is 4.79 Å². The highest BCUT2D eigenvalue weighted by Crippen LogP contribution is 2.32. The highest BCUT2D eigenvalue weighted by molar-refractivity contribution is 5.92. The van der Waals surface area contributed by atoms with E-state index in [1.165, 1.54) is 18.7 Å². The van der Waals surface area contributed by atoms with Gasteiger partial charge in [0.2, 0.25) is 5.91 Å². The molecule has 3 rings (SSSR count). The molecule has 7 heteroatoms. The van der Waals surface area contributed by atoms with Gasteiger partial charge in [-0.1, -0.05) is 38.1 Å². The smallest absolute Gasteiger partial charge is 0.296 e. The SMILES string of the molecule is COc1ccc(N2CCN(C(=O)/C=C/c3ccc(C(C)C)cc3)CC2)c([N+](=O)[O-])c1. The number of carbonyl (C=O) groups excluding carboxylic acids is 1. The Morgan fingerprint density at radius 1 is 1.10 bits per heavy atom. The van der Waals surface area contributed by atoms with E-state index in [0.717, 1.165) is 5.56 Å². The van der Waals surface area contributed by atoms with Crippen LogP contribution in [0.2, 0.25) is 0 Å². The van der Waals surface area contributed by atoms with Gasteiger partial charge in [-0.25, -0.2) is 0 Å².